The summed E-state index contributed by atoms with van der Waals surface area (Å²) in [5.41, 5.74) is -2.15. The first kappa shape index (κ1) is 30.6. The zero-order chi connectivity index (χ0) is 30.1. The number of amides is 1. The number of anilines is 2. The van der Waals surface area contributed by atoms with Crippen molar-refractivity contribution in [2.75, 3.05) is 23.5 Å². The average molecular weight is 698 g/mol. The molecule has 0 saturated heterocycles. The molecule has 0 radical (unpaired) electrons. The van der Waals surface area contributed by atoms with Gasteiger partial charge in [-0.15, -0.1) is 5.10 Å². The van der Waals surface area contributed by atoms with E-state index in [-0.39, 0.29) is 30.6 Å². The lowest BCUT2D eigenvalue weighted by Crippen LogP contribution is -2.48. The van der Waals surface area contributed by atoms with E-state index in [1.807, 2.05) is 6.92 Å². The SMILES string of the molecule is CCOC(=O)N1c2ccc(OC)cc2C(N(Cc2cc(C(F)(F)F)cc(C(F)(F)F)c2)c2nnn(I)n2)CC1CC. The Hall–Kier alpha value is -3.31. The molecule has 0 aliphatic carbocycles. The van der Waals surface area contributed by atoms with Crippen LogP contribution in [0.3, 0.4) is 0 Å². The molecule has 222 valence electrons. The Balaban J connectivity index is 1.89. The van der Waals surface area contributed by atoms with Crippen molar-refractivity contribution in [1.82, 2.24) is 18.4 Å². The highest BCUT2D eigenvalue weighted by molar-refractivity contribution is 14.1. The van der Waals surface area contributed by atoms with Gasteiger partial charge in [-0.25, -0.2) is 4.79 Å². The number of aromatic nitrogens is 4. The second-order valence-corrected chi connectivity index (χ2v) is 10.0. The fourth-order valence-corrected chi connectivity index (χ4v) is 5.14. The number of halogens is 7. The van der Waals surface area contributed by atoms with Crippen LogP contribution in [0.15, 0.2) is 36.4 Å². The fraction of sp³-hybridized carbons (Fsp3) is 0.440. The minimum absolute atomic E-state index is 0.0245. The Morgan fingerprint density at radius 1 is 1.07 bits per heavy atom. The summed E-state index contributed by atoms with van der Waals surface area (Å²) in [6.07, 6.45) is -9.90. The molecule has 1 aliphatic heterocycles. The van der Waals surface area contributed by atoms with E-state index in [4.69, 9.17) is 9.47 Å². The molecule has 9 nitrogen and oxygen atoms in total. The van der Waals surface area contributed by atoms with Gasteiger partial charge >= 0.3 is 18.4 Å². The lowest BCUT2D eigenvalue weighted by atomic mass is 9.88. The lowest BCUT2D eigenvalue weighted by Gasteiger charge is -2.43. The molecule has 2 unspecified atom stereocenters. The zero-order valence-corrected chi connectivity index (χ0v) is 24.2. The quantitative estimate of drug-likeness (QED) is 0.198. The molecule has 3 aromatic rings. The molecule has 0 bridgehead atoms. The summed E-state index contributed by atoms with van der Waals surface area (Å²) in [5, 5.41) is 12.0. The predicted octanol–water partition coefficient (Wildman–Crippen LogP) is 6.81. The maximum absolute atomic E-state index is 13.6. The number of benzene rings is 2. The van der Waals surface area contributed by atoms with Gasteiger partial charge in [0.2, 0.25) is 0 Å². The van der Waals surface area contributed by atoms with Crippen LogP contribution in [0, 0.1) is 0 Å². The molecule has 0 N–H and O–H groups in total. The van der Waals surface area contributed by atoms with Crippen LogP contribution in [-0.4, -0.2) is 44.3 Å². The monoisotopic (exact) mass is 698 g/mol. The molecule has 4 rings (SSSR count). The van der Waals surface area contributed by atoms with Crippen LogP contribution in [0.1, 0.15) is 55.0 Å². The Morgan fingerprint density at radius 3 is 2.24 bits per heavy atom. The van der Waals surface area contributed by atoms with Crippen LogP contribution in [0.2, 0.25) is 0 Å². The molecule has 2 heterocycles. The standard InChI is InChI=1S/C25H25F6IN6O3/c1-4-17-11-21(19-12-18(40-3)6-7-20(19)37(17)23(39)41-5-2)36(22-33-35-38(32)34-22)13-14-8-15(24(26,27)28)10-16(9-14)25(29,30)31/h6-10,12,17,21H,4-5,11,13H2,1-3H3. The van der Waals surface area contributed by atoms with Crippen LogP contribution in [-0.2, 0) is 23.6 Å². The highest BCUT2D eigenvalue weighted by atomic mass is 127. The minimum atomic E-state index is -5.01. The van der Waals surface area contributed by atoms with Crippen molar-refractivity contribution in [3.8, 4) is 5.75 Å². The Labute approximate surface area is 244 Å². The summed E-state index contributed by atoms with van der Waals surface area (Å²) in [7, 11) is 1.44. The summed E-state index contributed by atoms with van der Waals surface area (Å²) in [4.78, 5) is 16.0. The smallest absolute Gasteiger partial charge is 0.416 e. The number of fused-ring (bicyclic) bond motifs is 1. The van der Waals surface area contributed by atoms with Gasteiger partial charge in [0, 0.05) is 18.2 Å². The van der Waals surface area contributed by atoms with Crippen molar-refractivity contribution in [2.45, 2.75) is 57.7 Å². The molecule has 1 amide bonds. The Morgan fingerprint density at radius 2 is 1.73 bits per heavy atom. The van der Waals surface area contributed by atoms with Crippen molar-refractivity contribution in [3.05, 3.63) is 58.7 Å². The average Bonchev–Trinajstić information content (AvgIpc) is 3.35. The van der Waals surface area contributed by atoms with Crippen molar-refractivity contribution < 1.29 is 40.6 Å². The highest BCUT2D eigenvalue weighted by Gasteiger charge is 2.41. The molecule has 0 saturated carbocycles. The van der Waals surface area contributed by atoms with Crippen molar-refractivity contribution in [1.29, 1.82) is 0 Å². The van der Waals surface area contributed by atoms with E-state index in [9.17, 15) is 31.1 Å². The van der Waals surface area contributed by atoms with Gasteiger partial charge in [0.25, 0.3) is 5.95 Å². The third kappa shape index (κ3) is 6.62. The topological polar surface area (TPSA) is 85.6 Å². The molecule has 0 spiro atoms. The number of alkyl halides is 6. The zero-order valence-electron chi connectivity index (χ0n) is 22.0. The molecular weight excluding hydrogens is 673 g/mol. The predicted molar refractivity (Wildman–Crippen MR) is 144 cm³/mol. The summed E-state index contributed by atoms with van der Waals surface area (Å²) in [6.45, 7) is 3.24. The van der Waals surface area contributed by atoms with Gasteiger partial charge in [0.1, 0.15) is 28.6 Å². The molecule has 2 atom stereocenters. The number of carbonyl (C=O) groups excluding carboxylic acids is 1. The van der Waals surface area contributed by atoms with Gasteiger partial charge in [-0.05, 0) is 66.9 Å². The Kier molecular flexibility index (Phi) is 8.89. The van der Waals surface area contributed by atoms with Gasteiger partial charge < -0.3 is 14.4 Å². The molecule has 16 heteroatoms. The van der Waals surface area contributed by atoms with Crippen molar-refractivity contribution in [2.24, 2.45) is 0 Å². The van der Waals surface area contributed by atoms with E-state index in [0.717, 1.165) is 3.01 Å². The molecule has 41 heavy (non-hydrogen) atoms. The first-order valence-corrected chi connectivity index (χ1v) is 13.4. The third-order valence-corrected chi connectivity index (χ3v) is 7.07. The minimum Gasteiger partial charge on any atom is -0.497 e. The number of carbonyl (C=O) groups is 1. The van der Waals surface area contributed by atoms with Crippen LogP contribution in [0.25, 0.3) is 0 Å². The summed E-state index contributed by atoms with van der Waals surface area (Å²) in [6, 6.07) is 5.27. The van der Waals surface area contributed by atoms with Crippen molar-refractivity contribution in [3.63, 3.8) is 0 Å². The lowest BCUT2D eigenvalue weighted by molar-refractivity contribution is -0.143. The number of hydrogen-bond acceptors (Lipinski definition) is 7. The molecule has 1 aliphatic rings. The first-order valence-electron chi connectivity index (χ1n) is 12.4. The van der Waals surface area contributed by atoms with Gasteiger partial charge in [-0.2, -0.15) is 26.3 Å². The number of ether oxygens (including phenoxy) is 2. The molecule has 1 aromatic heterocycles. The number of rotatable bonds is 7. The van der Waals surface area contributed by atoms with E-state index >= 15 is 0 Å². The largest absolute Gasteiger partial charge is 0.497 e. The molecular formula is C25H25F6IN6O3. The maximum atomic E-state index is 13.6. The van der Waals surface area contributed by atoms with Crippen molar-refractivity contribution >= 4 is 40.6 Å². The Bertz CT molecular complexity index is 1370. The van der Waals surface area contributed by atoms with Crippen LogP contribution < -0.4 is 14.5 Å². The summed E-state index contributed by atoms with van der Waals surface area (Å²) in [5.74, 6) is 0.403. The van der Waals surface area contributed by atoms with E-state index in [1.54, 1.807) is 48.0 Å². The van der Waals surface area contributed by atoms with E-state index in [0.29, 0.717) is 35.6 Å². The summed E-state index contributed by atoms with van der Waals surface area (Å²) < 4.78 is 93.6. The van der Waals surface area contributed by atoms with E-state index in [1.165, 1.54) is 16.9 Å². The second-order valence-electron chi connectivity index (χ2n) is 9.18. The van der Waals surface area contributed by atoms with E-state index < -0.39 is 48.2 Å². The normalized spacial score (nSPS) is 17.3. The van der Waals surface area contributed by atoms with Crippen LogP contribution in [0.4, 0.5) is 42.8 Å². The first-order chi connectivity index (χ1) is 19.3. The third-order valence-electron chi connectivity index (χ3n) is 6.66. The second kappa shape index (κ2) is 11.9. The maximum Gasteiger partial charge on any atom is 0.416 e. The number of nitrogens with zero attached hydrogens (tertiary/aromatic N) is 6. The van der Waals surface area contributed by atoms with Crippen LogP contribution >= 0.6 is 22.9 Å². The fourth-order valence-electron chi connectivity index (χ4n) is 4.85. The number of tetrazole rings is 1. The van der Waals surface area contributed by atoms with E-state index in [2.05, 4.69) is 15.4 Å². The van der Waals surface area contributed by atoms with Gasteiger partial charge in [-0.1, -0.05) is 15.0 Å². The highest BCUT2D eigenvalue weighted by Crippen LogP contribution is 2.45. The molecule has 0 fully saturated rings. The number of methoxy groups -OCH3 is 1. The van der Waals surface area contributed by atoms with Crippen LogP contribution in [0.5, 0.6) is 5.75 Å². The molecule has 2 aromatic carbocycles. The summed E-state index contributed by atoms with van der Waals surface area (Å²) >= 11 is 1.73. The van der Waals surface area contributed by atoms with Gasteiger partial charge in [0.05, 0.1) is 36.6 Å². The van der Waals surface area contributed by atoms with Gasteiger partial charge in [0.15, 0.2) is 0 Å². The number of hydrogen-bond donors (Lipinski definition) is 0. The van der Waals surface area contributed by atoms with Gasteiger partial charge in [-0.3, -0.25) is 4.90 Å².